The van der Waals surface area contributed by atoms with E-state index in [-0.39, 0.29) is 0 Å². The van der Waals surface area contributed by atoms with Crippen LogP contribution in [0.4, 0.5) is 0 Å². The highest BCUT2D eigenvalue weighted by molar-refractivity contribution is 5.04. The molecule has 3 aliphatic rings. The maximum atomic E-state index is 6.43. The molecule has 3 fully saturated rings. The van der Waals surface area contributed by atoms with Crippen molar-refractivity contribution in [3.63, 3.8) is 0 Å². The maximum Gasteiger partial charge on any atom is 0.0255 e. The number of piperidine rings is 1. The van der Waals surface area contributed by atoms with Crippen molar-refractivity contribution in [2.45, 2.75) is 64.1 Å². The average Bonchev–Trinajstić information content (AvgIpc) is 2.83. The van der Waals surface area contributed by atoms with Crippen LogP contribution in [0.2, 0.25) is 0 Å². The Hall–Kier alpha value is -0.0800. The van der Waals surface area contributed by atoms with Gasteiger partial charge in [0.1, 0.15) is 0 Å². The molecule has 0 spiro atoms. The highest BCUT2D eigenvalue weighted by atomic mass is 15.2. The van der Waals surface area contributed by atoms with Crippen molar-refractivity contribution in [1.29, 1.82) is 0 Å². The number of hydrogen-bond donors (Lipinski definition) is 1. The first kappa shape index (κ1) is 10.1. The molecule has 4 unspecified atom stereocenters. The molecule has 2 bridgehead atoms. The normalized spacial score (nSPS) is 49.0. The molecule has 2 aliphatic carbocycles. The van der Waals surface area contributed by atoms with Gasteiger partial charge >= 0.3 is 0 Å². The zero-order chi connectivity index (χ0) is 10.6. The summed E-state index contributed by atoms with van der Waals surface area (Å²) < 4.78 is 0. The van der Waals surface area contributed by atoms with Gasteiger partial charge in [-0.25, -0.2) is 0 Å². The summed E-state index contributed by atoms with van der Waals surface area (Å²) in [5.74, 6) is 1.01. The van der Waals surface area contributed by atoms with Crippen LogP contribution >= 0.6 is 0 Å². The molecule has 1 heterocycles. The standard InChI is InChI=1S/C13H24N2/c1-13(2)6-5-11(12(13)14)15-8-9-3-4-10(15)7-9/h9-12H,3-8,14H2,1-2H3. The van der Waals surface area contributed by atoms with E-state index in [2.05, 4.69) is 18.7 Å². The topological polar surface area (TPSA) is 29.3 Å². The van der Waals surface area contributed by atoms with Crippen LogP contribution in [0.5, 0.6) is 0 Å². The van der Waals surface area contributed by atoms with Crippen LogP contribution in [-0.2, 0) is 0 Å². The van der Waals surface area contributed by atoms with Crippen LogP contribution in [-0.4, -0.2) is 29.6 Å². The molecule has 0 radical (unpaired) electrons. The summed E-state index contributed by atoms with van der Waals surface area (Å²) in [7, 11) is 0. The van der Waals surface area contributed by atoms with Crippen molar-refractivity contribution in [2.75, 3.05) is 6.54 Å². The molecule has 2 nitrogen and oxygen atoms in total. The van der Waals surface area contributed by atoms with Crippen LogP contribution in [0.1, 0.15) is 46.0 Å². The monoisotopic (exact) mass is 208 g/mol. The summed E-state index contributed by atoms with van der Waals surface area (Å²) in [6.07, 6.45) is 7.02. The van der Waals surface area contributed by atoms with E-state index >= 15 is 0 Å². The molecular formula is C13H24N2. The predicted octanol–water partition coefficient (Wildman–Crippen LogP) is 1.99. The fourth-order valence-corrected chi connectivity index (χ4v) is 4.13. The van der Waals surface area contributed by atoms with Crippen LogP contribution in [0, 0.1) is 11.3 Å². The number of fused-ring (bicyclic) bond motifs is 2. The zero-order valence-corrected chi connectivity index (χ0v) is 10.1. The fraction of sp³-hybridized carbons (Fsp3) is 1.00. The molecule has 0 amide bonds. The second-order valence-corrected chi connectivity index (χ2v) is 6.65. The molecule has 4 atom stereocenters. The van der Waals surface area contributed by atoms with Crippen LogP contribution in [0.25, 0.3) is 0 Å². The summed E-state index contributed by atoms with van der Waals surface area (Å²) >= 11 is 0. The lowest BCUT2D eigenvalue weighted by atomic mass is 9.87. The second kappa shape index (κ2) is 3.21. The van der Waals surface area contributed by atoms with E-state index in [4.69, 9.17) is 5.73 Å². The lowest BCUT2D eigenvalue weighted by Gasteiger charge is -2.37. The maximum absolute atomic E-state index is 6.43. The highest BCUT2D eigenvalue weighted by Gasteiger charge is 2.48. The van der Waals surface area contributed by atoms with E-state index in [0.717, 1.165) is 12.0 Å². The molecule has 2 N–H and O–H groups in total. The number of rotatable bonds is 1. The third kappa shape index (κ3) is 1.45. The predicted molar refractivity (Wildman–Crippen MR) is 62.6 cm³/mol. The van der Waals surface area contributed by atoms with Crippen molar-refractivity contribution < 1.29 is 0 Å². The molecule has 0 aromatic carbocycles. The number of likely N-dealkylation sites (tertiary alicyclic amines) is 1. The van der Waals surface area contributed by atoms with Gasteiger partial charge in [-0.1, -0.05) is 13.8 Å². The van der Waals surface area contributed by atoms with Gasteiger partial charge < -0.3 is 5.73 Å². The van der Waals surface area contributed by atoms with Gasteiger partial charge in [0.05, 0.1) is 0 Å². The Kier molecular flexibility index (Phi) is 2.16. The van der Waals surface area contributed by atoms with Crippen molar-refractivity contribution >= 4 is 0 Å². The minimum Gasteiger partial charge on any atom is -0.326 e. The first-order valence-electron chi connectivity index (χ1n) is 6.59. The quantitative estimate of drug-likeness (QED) is 0.714. The molecule has 0 aromatic heterocycles. The van der Waals surface area contributed by atoms with Crippen molar-refractivity contribution in [3.8, 4) is 0 Å². The van der Waals surface area contributed by atoms with Crippen molar-refractivity contribution in [1.82, 2.24) is 4.90 Å². The Labute approximate surface area is 93.2 Å². The molecule has 3 rings (SSSR count). The molecular weight excluding hydrogens is 184 g/mol. The third-order valence-corrected chi connectivity index (χ3v) is 5.28. The summed E-state index contributed by atoms with van der Waals surface area (Å²) in [4.78, 5) is 2.76. The Bertz CT molecular complexity index is 261. The van der Waals surface area contributed by atoms with Gasteiger partial charge in [0, 0.05) is 24.7 Å². The van der Waals surface area contributed by atoms with E-state index in [1.54, 1.807) is 0 Å². The van der Waals surface area contributed by atoms with Crippen LogP contribution in [0.15, 0.2) is 0 Å². The lowest BCUT2D eigenvalue weighted by molar-refractivity contribution is 0.126. The van der Waals surface area contributed by atoms with Gasteiger partial charge in [-0.15, -0.1) is 0 Å². The fourth-order valence-electron chi connectivity index (χ4n) is 4.13. The van der Waals surface area contributed by atoms with E-state index in [9.17, 15) is 0 Å². The van der Waals surface area contributed by atoms with Gasteiger partial charge in [0.2, 0.25) is 0 Å². The van der Waals surface area contributed by atoms with E-state index in [1.165, 1.54) is 38.6 Å². The Balaban J connectivity index is 1.74. The number of nitrogens with zero attached hydrogens (tertiary/aromatic N) is 1. The van der Waals surface area contributed by atoms with E-state index in [1.807, 2.05) is 0 Å². The smallest absolute Gasteiger partial charge is 0.0255 e. The largest absolute Gasteiger partial charge is 0.326 e. The second-order valence-electron chi connectivity index (χ2n) is 6.65. The molecule has 1 saturated heterocycles. The summed E-state index contributed by atoms with van der Waals surface area (Å²) in [6.45, 7) is 6.02. The van der Waals surface area contributed by atoms with Gasteiger partial charge in [0.25, 0.3) is 0 Å². The van der Waals surface area contributed by atoms with Crippen molar-refractivity contribution in [3.05, 3.63) is 0 Å². The third-order valence-electron chi connectivity index (χ3n) is 5.28. The summed E-state index contributed by atoms with van der Waals surface area (Å²) in [5.41, 5.74) is 6.79. The van der Waals surface area contributed by atoms with Crippen LogP contribution < -0.4 is 5.73 Å². The summed E-state index contributed by atoms with van der Waals surface area (Å²) in [6, 6.07) is 1.98. The van der Waals surface area contributed by atoms with Gasteiger partial charge in [-0.2, -0.15) is 0 Å². The zero-order valence-electron chi connectivity index (χ0n) is 10.1. The minimum atomic E-state index is 0.368. The Morgan fingerprint density at radius 2 is 2.00 bits per heavy atom. The first-order chi connectivity index (χ1) is 7.08. The molecule has 15 heavy (non-hydrogen) atoms. The van der Waals surface area contributed by atoms with Gasteiger partial charge in [-0.05, 0) is 43.4 Å². The molecule has 2 saturated carbocycles. The molecule has 1 aliphatic heterocycles. The molecule has 0 aromatic rings. The molecule has 86 valence electrons. The van der Waals surface area contributed by atoms with Gasteiger partial charge in [-0.3, -0.25) is 4.90 Å². The minimum absolute atomic E-state index is 0.368. The van der Waals surface area contributed by atoms with Crippen molar-refractivity contribution in [2.24, 2.45) is 17.1 Å². The number of nitrogens with two attached hydrogens (primary N) is 1. The van der Waals surface area contributed by atoms with E-state index in [0.29, 0.717) is 17.5 Å². The Morgan fingerprint density at radius 3 is 2.47 bits per heavy atom. The number of hydrogen-bond acceptors (Lipinski definition) is 2. The molecule has 2 heteroatoms. The Morgan fingerprint density at radius 1 is 1.20 bits per heavy atom. The van der Waals surface area contributed by atoms with Crippen LogP contribution in [0.3, 0.4) is 0 Å². The summed E-state index contributed by atoms with van der Waals surface area (Å²) in [5, 5.41) is 0. The first-order valence-corrected chi connectivity index (χ1v) is 6.59. The van der Waals surface area contributed by atoms with Gasteiger partial charge in [0.15, 0.2) is 0 Å². The lowest BCUT2D eigenvalue weighted by Crippen LogP contribution is -2.51. The SMILES string of the molecule is CC1(C)CCC(N2CC3CCC2C3)C1N. The highest BCUT2D eigenvalue weighted by Crippen LogP contribution is 2.45. The van der Waals surface area contributed by atoms with E-state index < -0.39 is 0 Å². The average molecular weight is 208 g/mol.